The lowest BCUT2D eigenvalue weighted by Gasteiger charge is -2.42. The molecule has 3 heterocycles. The van der Waals surface area contributed by atoms with Gasteiger partial charge in [-0.25, -0.2) is 4.79 Å². The summed E-state index contributed by atoms with van der Waals surface area (Å²) in [6.07, 6.45) is 1.26. The van der Waals surface area contributed by atoms with Crippen molar-refractivity contribution in [2.24, 2.45) is 11.8 Å². The highest BCUT2D eigenvalue weighted by molar-refractivity contribution is 6.35. The van der Waals surface area contributed by atoms with Crippen molar-refractivity contribution in [1.29, 1.82) is 0 Å². The number of carbonyl (C=O) groups excluding carboxylic acids is 3. The van der Waals surface area contributed by atoms with Crippen molar-refractivity contribution in [3.63, 3.8) is 0 Å². The van der Waals surface area contributed by atoms with Gasteiger partial charge in [-0.1, -0.05) is 49.2 Å². The van der Waals surface area contributed by atoms with Crippen LogP contribution in [0.5, 0.6) is 5.75 Å². The molecule has 46 heavy (non-hydrogen) atoms. The minimum absolute atomic E-state index is 0.0222. The molecule has 0 radical (unpaired) electrons. The van der Waals surface area contributed by atoms with Crippen LogP contribution >= 0.6 is 11.6 Å². The second-order valence-electron chi connectivity index (χ2n) is 12.8. The highest BCUT2D eigenvalue weighted by Crippen LogP contribution is 2.49. The first-order valence-electron chi connectivity index (χ1n) is 15.3. The number of esters is 1. The predicted molar refractivity (Wildman–Crippen MR) is 170 cm³/mol. The maximum absolute atomic E-state index is 13.9. The van der Waals surface area contributed by atoms with Gasteiger partial charge < -0.3 is 38.8 Å². The highest BCUT2D eigenvalue weighted by Gasteiger charge is 2.64. The first kappa shape index (κ1) is 35.7. The number of methoxy groups -OCH3 is 2. The van der Waals surface area contributed by atoms with Crippen LogP contribution in [-0.2, 0) is 35.0 Å². The molecular weight excluding hydrogens is 620 g/mol. The van der Waals surface area contributed by atoms with Gasteiger partial charge in [0.05, 0.1) is 31.7 Å². The normalized spacial score (nSPS) is 32.4. The second-order valence-corrected chi connectivity index (χ2v) is 13.1. The monoisotopic (exact) mass is 664 g/mol. The van der Waals surface area contributed by atoms with Crippen LogP contribution in [0.2, 0.25) is 5.02 Å². The Balaban J connectivity index is 1.78. The zero-order valence-corrected chi connectivity index (χ0v) is 28.1. The van der Waals surface area contributed by atoms with Crippen molar-refractivity contribution in [2.75, 3.05) is 32.8 Å². The molecule has 13 heteroatoms. The van der Waals surface area contributed by atoms with Gasteiger partial charge in [0.2, 0.25) is 5.91 Å². The van der Waals surface area contributed by atoms with E-state index in [2.05, 4.69) is 5.32 Å². The SMILES string of the molecule is COc1cc2cc(c1Cl)N(C)C(=O)C[C@H](OC(=O)C[C@H](C)CO)[C@]1(C)O[C@@H]1[C@H](C)[C@H]1C[C@](O)(NC(=O)O1)[C@H](OC)C=CC=C(C)C2. The number of epoxide rings is 1. The zero-order chi connectivity index (χ0) is 34.0. The molecule has 8 atom stereocenters. The quantitative estimate of drug-likeness (QED) is 0.303. The van der Waals surface area contributed by atoms with Crippen molar-refractivity contribution in [3.8, 4) is 5.75 Å². The lowest BCUT2D eigenvalue weighted by Crippen LogP contribution is -2.63. The number of aliphatic hydroxyl groups excluding tert-OH is 1. The molecule has 254 valence electrons. The number of hydrogen-bond donors (Lipinski definition) is 3. The van der Waals surface area contributed by atoms with Gasteiger partial charge in [-0.3, -0.25) is 14.9 Å². The van der Waals surface area contributed by atoms with Crippen LogP contribution < -0.4 is 15.0 Å². The number of alkyl carbamates (subject to hydrolysis) is 1. The predicted octanol–water partition coefficient (Wildman–Crippen LogP) is 3.69. The Morgan fingerprint density at radius 2 is 2.00 bits per heavy atom. The first-order valence-corrected chi connectivity index (χ1v) is 15.7. The van der Waals surface area contributed by atoms with E-state index >= 15 is 0 Å². The molecule has 0 spiro atoms. The number of fused-ring (bicyclic) bond motifs is 5. The highest BCUT2D eigenvalue weighted by atomic mass is 35.5. The van der Waals surface area contributed by atoms with Gasteiger partial charge in [-0.15, -0.1) is 0 Å². The van der Waals surface area contributed by atoms with E-state index in [1.54, 1.807) is 45.2 Å². The summed E-state index contributed by atoms with van der Waals surface area (Å²) in [4.78, 5) is 40.9. The summed E-state index contributed by atoms with van der Waals surface area (Å²) in [5, 5.41) is 23.8. The number of rotatable bonds is 6. The van der Waals surface area contributed by atoms with Gasteiger partial charge >= 0.3 is 12.1 Å². The van der Waals surface area contributed by atoms with Crippen LogP contribution in [0, 0.1) is 11.8 Å². The number of aliphatic hydroxyl groups is 2. The summed E-state index contributed by atoms with van der Waals surface area (Å²) in [5.41, 5.74) is -0.737. The van der Waals surface area contributed by atoms with E-state index in [0.29, 0.717) is 17.9 Å². The zero-order valence-electron chi connectivity index (χ0n) is 27.4. The van der Waals surface area contributed by atoms with E-state index in [9.17, 15) is 24.6 Å². The van der Waals surface area contributed by atoms with Crippen LogP contribution in [0.1, 0.15) is 52.5 Å². The number of anilines is 1. The third-order valence-electron chi connectivity index (χ3n) is 9.05. The molecule has 3 N–H and O–H groups in total. The number of hydrogen-bond acceptors (Lipinski definition) is 10. The largest absolute Gasteiger partial charge is 0.495 e. The summed E-state index contributed by atoms with van der Waals surface area (Å²) >= 11 is 6.69. The fourth-order valence-electron chi connectivity index (χ4n) is 6.16. The molecule has 1 aromatic carbocycles. The fraction of sp³-hybridized carbons (Fsp3) is 0.606. The number of nitrogens with one attached hydrogen (secondary N) is 1. The van der Waals surface area contributed by atoms with E-state index in [0.717, 1.165) is 11.1 Å². The van der Waals surface area contributed by atoms with Crippen LogP contribution in [-0.4, -0.2) is 91.8 Å². The Morgan fingerprint density at radius 1 is 1.28 bits per heavy atom. The Labute approximate surface area is 274 Å². The summed E-state index contributed by atoms with van der Waals surface area (Å²) < 4.78 is 28.8. The fourth-order valence-corrected chi connectivity index (χ4v) is 6.47. The van der Waals surface area contributed by atoms with Gasteiger partial charge in [0.25, 0.3) is 0 Å². The van der Waals surface area contributed by atoms with Crippen LogP contribution in [0.25, 0.3) is 0 Å². The molecule has 12 nitrogen and oxygen atoms in total. The van der Waals surface area contributed by atoms with E-state index in [1.165, 1.54) is 19.1 Å². The van der Waals surface area contributed by atoms with Crippen molar-refractivity contribution in [1.82, 2.24) is 5.32 Å². The van der Waals surface area contributed by atoms with Gasteiger partial charge in [0.15, 0.2) is 5.72 Å². The van der Waals surface area contributed by atoms with E-state index < -0.39 is 59.6 Å². The van der Waals surface area contributed by atoms with Crippen molar-refractivity contribution < 1.29 is 48.3 Å². The van der Waals surface area contributed by atoms with Gasteiger partial charge in [0.1, 0.15) is 34.7 Å². The van der Waals surface area contributed by atoms with E-state index in [-0.39, 0.29) is 36.8 Å². The molecule has 4 rings (SSSR count). The Bertz CT molecular complexity index is 1380. The topological polar surface area (TPSA) is 156 Å². The molecule has 3 aliphatic rings. The summed E-state index contributed by atoms with van der Waals surface area (Å²) in [6, 6.07) is 3.60. The van der Waals surface area contributed by atoms with Crippen LogP contribution in [0.15, 0.2) is 35.9 Å². The lowest BCUT2D eigenvalue weighted by molar-refractivity contribution is -0.155. The van der Waals surface area contributed by atoms with Gasteiger partial charge in [-0.2, -0.15) is 0 Å². The summed E-state index contributed by atoms with van der Waals surface area (Å²) in [5.74, 6) is -1.42. The average Bonchev–Trinajstić information content (AvgIpc) is 3.70. The van der Waals surface area contributed by atoms with E-state index in [1.807, 2.05) is 19.9 Å². The number of benzene rings is 1. The summed E-state index contributed by atoms with van der Waals surface area (Å²) in [6.45, 7) is 6.97. The number of amides is 2. The maximum atomic E-state index is 13.9. The van der Waals surface area contributed by atoms with E-state index in [4.69, 9.17) is 35.3 Å². The van der Waals surface area contributed by atoms with Gasteiger partial charge in [-0.05, 0) is 43.9 Å². The summed E-state index contributed by atoms with van der Waals surface area (Å²) in [7, 11) is 4.52. The minimum Gasteiger partial charge on any atom is -0.495 e. The molecule has 0 unspecified atom stereocenters. The number of nitrogens with zero attached hydrogens (tertiary/aromatic N) is 1. The van der Waals surface area contributed by atoms with Crippen molar-refractivity contribution in [3.05, 3.63) is 46.5 Å². The third-order valence-corrected chi connectivity index (χ3v) is 9.43. The third kappa shape index (κ3) is 7.69. The van der Waals surface area contributed by atoms with Crippen molar-refractivity contribution >= 4 is 35.3 Å². The molecule has 0 saturated carbocycles. The lowest BCUT2D eigenvalue weighted by atomic mass is 9.83. The van der Waals surface area contributed by atoms with Crippen LogP contribution in [0.3, 0.4) is 0 Å². The molecule has 2 saturated heterocycles. The number of ether oxygens (including phenoxy) is 5. The minimum atomic E-state index is -1.79. The standard InChI is InChI=1S/C33H45ClN2O10/c1-18-9-8-10-25(43-7)33(41)16-24(44-31(40)35-33)20(3)30-32(4,46-30)26(45-28(39)12-19(2)17-37)15-27(38)36(5)22-13-21(11-18)14-23(42-6)29(22)34/h8-10,13-14,19-20,24-26,30,37,41H,11-12,15-17H2,1-7H3,(H,35,40)/t19-,20+,24+,25+,26-,30+,32-,33+/m0/s1. The second kappa shape index (κ2) is 14.3. The Hall–Kier alpha value is -3.16. The molecule has 1 aromatic rings. The van der Waals surface area contributed by atoms with Crippen molar-refractivity contribution in [2.45, 2.75) is 89.1 Å². The van der Waals surface area contributed by atoms with Crippen LogP contribution in [0.4, 0.5) is 10.5 Å². The molecule has 3 aliphatic heterocycles. The van der Waals surface area contributed by atoms with Gasteiger partial charge in [0, 0.05) is 33.1 Å². The Kier molecular flexibility index (Phi) is 11.1. The smallest absolute Gasteiger partial charge is 0.409 e. The first-order chi connectivity index (χ1) is 21.6. The number of allylic oxidation sites excluding steroid dienone is 3. The average molecular weight is 665 g/mol. The molecule has 4 bridgehead atoms. The number of carbonyl (C=O) groups is 3. The Morgan fingerprint density at radius 3 is 2.65 bits per heavy atom. The number of halogens is 1. The molecular formula is C33H45ClN2O10. The maximum Gasteiger partial charge on any atom is 0.409 e. The molecule has 2 fully saturated rings. The molecule has 2 amide bonds. The molecule has 0 aliphatic carbocycles. The molecule has 0 aromatic heterocycles.